The van der Waals surface area contributed by atoms with E-state index in [4.69, 9.17) is 0 Å². The molecule has 2 N–H and O–H groups in total. The van der Waals surface area contributed by atoms with Crippen LogP contribution in [0.2, 0.25) is 0 Å². The molecule has 0 aliphatic rings. The molecule has 1 amide bonds. The zero-order valence-corrected chi connectivity index (χ0v) is 11.7. The number of carbonyl (C=O) groups is 2. The van der Waals surface area contributed by atoms with E-state index in [0.717, 1.165) is 25.7 Å². The molecule has 0 heterocycles. The molecule has 0 aromatic heterocycles. The maximum atomic E-state index is 12.3. The first kappa shape index (κ1) is 16.9. The van der Waals surface area contributed by atoms with Crippen molar-refractivity contribution in [1.29, 1.82) is 0 Å². The van der Waals surface area contributed by atoms with Crippen LogP contribution >= 0.6 is 0 Å². The average Bonchev–Trinajstić information content (AvgIpc) is 2.34. The van der Waals surface area contributed by atoms with Crippen LogP contribution in [0.3, 0.4) is 0 Å². The summed E-state index contributed by atoms with van der Waals surface area (Å²) in [5, 5.41) is 12.0. The van der Waals surface area contributed by atoms with Crippen LogP contribution < -0.4 is 5.32 Å². The summed E-state index contributed by atoms with van der Waals surface area (Å²) < 4.78 is 4.47. The molecule has 0 rings (SSSR count). The summed E-state index contributed by atoms with van der Waals surface area (Å²) in [7, 11) is 1.23. The van der Waals surface area contributed by atoms with Gasteiger partial charge >= 0.3 is 6.09 Å². The molecule has 106 valence electrons. The normalized spacial score (nSPS) is 14.1. The zero-order valence-electron chi connectivity index (χ0n) is 11.7. The number of ether oxygens (including phenoxy) is 1. The lowest BCUT2D eigenvalue weighted by atomic mass is 9.88. The molecule has 5 nitrogen and oxygen atoms in total. The Morgan fingerprint density at radius 3 is 2.06 bits per heavy atom. The van der Waals surface area contributed by atoms with Crippen molar-refractivity contribution in [2.45, 2.75) is 58.6 Å². The van der Waals surface area contributed by atoms with Gasteiger partial charge in [-0.15, -0.1) is 0 Å². The van der Waals surface area contributed by atoms with Crippen molar-refractivity contribution in [3.8, 4) is 0 Å². The molecule has 0 fully saturated rings. The Balaban J connectivity index is 4.75. The van der Waals surface area contributed by atoms with Crippen LogP contribution in [0.5, 0.6) is 0 Å². The minimum Gasteiger partial charge on any atom is -0.453 e. The quantitative estimate of drug-likeness (QED) is 0.698. The van der Waals surface area contributed by atoms with Crippen molar-refractivity contribution in [2.75, 3.05) is 7.11 Å². The molecule has 0 spiro atoms. The summed E-state index contributed by atoms with van der Waals surface area (Å²) in [5.74, 6) is -0.226. The molecule has 0 saturated heterocycles. The molecule has 0 aliphatic heterocycles. The summed E-state index contributed by atoms with van der Waals surface area (Å²) in [4.78, 5) is 23.5. The van der Waals surface area contributed by atoms with Crippen LogP contribution in [-0.4, -0.2) is 36.2 Å². The molecule has 2 atom stereocenters. The van der Waals surface area contributed by atoms with Gasteiger partial charge in [-0.25, -0.2) is 4.79 Å². The van der Waals surface area contributed by atoms with Crippen molar-refractivity contribution in [3.63, 3.8) is 0 Å². The Morgan fingerprint density at radius 1 is 1.22 bits per heavy atom. The summed E-state index contributed by atoms with van der Waals surface area (Å²) in [6.45, 7) is 5.52. The van der Waals surface area contributed by atoms with Crippen molar-refractivity contribution >= 4 is 11.9 Å². The van der Waals surface area contributed by atoms with E-state index >= 15 is 0 Å². The number of hydrogen-bond acceptors (Lipinski definition) is 4. The van der Waals surface area contributed by atoms with Crippen molar-refractivity contribution < 1.29 is 19.4 Å². The number of aliphatic hydroxyl groups excluding tert-OH is 1. The van der Waals surface area contributed by atoms with Gasteiger partial charge in [-0.3, -0.25) is 4.79 Å². The molecule has 0 aliphatic carbocycles. The summed E-state index contributed by atoms with van der Waals surface area (Å²) >= 11 is 0. The van der Waals surface area contributed by atoms with Crippen LogP contribution in [0.1, 0.15) is 46.5 Å². The zero-order chi connectivity index (χ0) is 14.1. The summed E-state index contributed by atoms with van der Waals surface area (Å²) in [6, 6.07) is -0.888. The van der Waals surface area contributed by atoms with Crippen molar-refractivity contribution in [2.24, 2.45) is 5.92 Å². The number of nitrogens with one attached hydrogen (secondary N) is 1. The van der Waals surface area contributed by atoms with Crippen LogP contribution in [0.15, 0.2) is 0 Å². The molecule has 0 saturated carbocycles. The predicted octanol–water partition coefficient (Wildman–Crippen LogP) is 1.88. The van der Waals surface area contributed by atoms with Gasteiger partial charge in [-0.2, -0.15) is 0 Å². The third-order valence-corrected chi connectivity index (χ3v) is 2.92. The molecule has 0 bridgehead atoms. The molecule has 18 heavy (non-hydrogen) atoms. The SMILES string of the molecule is CCCC(CCC)C(=O)[C@@H](NC(=O)OC)[C@@H](C)O. The second kappa shape index (κ2) is 8.91. The predicted molar refractivity (Wildman–Crippen MR) is 69.3 cm³/mol. The van der Waals surface area contributed by atoms with Gasteiger partial charge in [0.2, 0.25) is 0 Å². The number of methoxy groups -OCH3 is 1. The Labute approximate surface area is 109 Å². The summed E-state index contributed by atoms with van der Waals surface area (Å²) in [6.07, 6.45) is 1.74. The number of aliphatic hydroxyl groups is 1. The lowest BCUT2D eigenvalue weighted by Gasteiger charge is -2.24. The highest BCUT2D eigenvalue weighted by Gasteiger charge is 2.30. The van der Waals surface area contributed by atoms with E-state index in [-0.39, 0.29) is 11.7 Å². The van der Waals surface area contributed by atoms with Crippen LogP contribution in [0, 0.1) is 5.92 Å². The third kappa shape index (κ3) is 5.49. The minimum absolute atomic E-state index is 0.112. The highest BCUT2D eigenvalue weighted by atomic mass is 16.5. The number of amides is 1. The maximum Gasteiger partial charge on any atom is 0.407 e. The second-order valence-electron chi connectivity index (χ2n) is 4.53. The Kier molecular flexibility index (Phi) is 8.37. The lowest BCUT2D eigenvalue weighted by Crippen LogP contribution is -2.49. The number of Topliss-reactive ketones (excluding diaryl/α,β-unsaturated/α-hetero) is 1. The Bertz CT molecular complexity index is 260. The number of hydrogen-bond donors (Lipinski definition) is 2. The molecule has 0 unspecified atom stereocenters. The van der Waals surface area contributed by atoms with E-state index in [1.165, 1.54) is 14.0 Å². The first-order valence-electron chi connectivity index (χ1n) is 6.54. The van der Waals surface area contributed by atoms with E-state index in [9.17, 15) is 14.7 Å². The van der Waals surface area contributed by atoms with Gasteiger partial charge in [-0.1, -0.05) is 26.7 Å². The van der Waals surface area contributed by atoms with Crippen LogP contribution in [-0.2, 0) is 9.53 Å². The first-order valence-corrected chi connectivity index (χ1v) is 6.54. The van der Waals surface area contributed by atoms with Gasteiger partial charge in [0.15, 0.2) is 5.78 Å². The lowest BCUT2D eigenvalue weighted by molar-refractivity contribution is -0.127. The van der Waals surface area contributed by atoms with E-state index in [2.05, 4.69) is 10.1 Å². The second-order valence-corrected chi connectivity index (χ2v) is 4.53. The Morgan fingerprint density at radius 2 is 1.72 bits per heavy atom. The van der Waals surface area contributed by atoms with Gasteiger partial charge in [0.05, 0.1) is 13.2 Å². The largest absolute Gasteiger partial charge is 0.453 e. The van der Waals surface area contributed by atoms with Gasteiger partial charge in [0.25, 0.3) is 0 Å². The van der Waals surface area contributed by atoms with E-state index < -0.39 is 18.2 Å². The standard InChI is InChI=1S/C13H25NO4/c1-5-7-10(8-6-2)12(16)11(9(3)15)14-13(17)18-4/h9-11,15H,5-8H2,1-4H3,(H,14,17)/t9-,11+/m1/s1. The maximum absolute atomic E-state index is 12.3. The number of carbonyl (C=O) groups excluding carboxylic acids is 2. The van der Waals surface area contributed by atoms with E-state index in [0.29, 0.717) is 0 Å². The minimum atomic E-state index is -0.923. The highest BCUT2D eigenvalue weighted by molar-refractivity contribution is 5.89. The first-order chi connectivity index (χ1) is 8.47. The number of rotatable bonds is 8. The van der Waals surface area contributed by atoms with E-state index in [1.54, 1.807) is 0 Å². The monoisotopic (exact) mass is 259 g/mol. The van der Waals surface area contributed by atoms with Gasteiger partial charge < -0.3 is 15.2 Å². The fourth-order valence-corrected chi connectivity index (χ4v) is 2.00. The van der Waals surface area contributed by atoms with Gasteiger partial charge in [-0.05, 0) is 19.8 Å². The number of alkyl carbamates (subject to hydrolysis) is 1. The van der Waals surface area contributed by atoms with Gasteiger partial charge in [0.1, 0.15) is 6.04 Å². The van der Waals surface area contributed by atoms with E-state index in [1.807, 2.05) is 13.8 Å². The molecular formula is C13H25NO4. The summed E-state index contributed by atoms with van der Waals surface area (Å²) in [5.41, 5.74) is 0. The van der Waals surface area contributed by atoms with Crippen LogP contribution in [0.25, 0.3) is 0 Å². The third-order valence-electron chi connectivity index (χ3n) is 2.92. The topological polar surface area (TPSA) is 75.6 Å². The highest BCUT2D eigenvalue weighted by Crippen LogP contribution is 2.17. The molecule has 5 heteroatoms. The molecule has 0 aromatic carbocycles. The number of ketones is 1. The smallest absolute Gasteiger partial charge is 0.407 e. The molecular weight excluding hydrogens is 234 g/mol. The molecule has 0 radical (unpaired) electrons. The average molecular weight is 259 g/mol. The van der Waals surface area contributed by atoms with Gasteiger partial charge in [0, 0.05) is 5.92 Å². The van der Waals surface area contributed by atoms with Crippen molar-refractivity contribution in [1.82, 2.24) is 5.32 Å². The fraction of sp³-hybridized carbons (Fsp3) is 0.846. The fourth-order valence-electron chi connectivity index (χ4n) is 2.00. The van der Waals surface area contributed by atoms with Crippen molar-refractivity contribution in [3.05, 3.63) is 0 Å². The van der Waals surface area contributed by atoms with Crippen LogP contribution in [0.4, 0.5) is 4.79 Å². The molecule has 0 aromatic rings. The Hall–Kier alpha value is -1.10.